The Morgan fingerprint density at radius 2 is 1.52 bits per heavy atom. The van der Waals surface area contributed by atoms with Crippen molar-refractivity contribution in [3.8, 4) is 0 Å². The van der Waals surface area contributed by atoms with Crippen molar-refractivity contribution >= 4 is 40.5 Å². The molecule has 3 aromatic rings. The molecule has 2 nitrogen and oxygen atoms in total. The number of Topliss-reactive ketones (excluding diaryl/α,β-unsaturated/α-hetero) is 1. The van der Waals surface area contributed by atoms with Gasteiger partial charge in [0.25, 0.3) is 0 Å². The highest BCUT2D eigenvalue weighted by molar-refractivity contribution is 8.02. The summed E-state index contributed by atoms with van der Waals surface area (Å²) < 4.78 is -0.845. The van der Waals surface area contributed by atoms with Crippen molar-refractivity contribution < 1.29 is 4.79 Å². The first-order chi connectivity index (χ1) is 12.2. The lowest BCUT2D eigenvalue weighted by Gasteiger charge is -2.32. The zero-order valence-electron chi connectivity index (χ0n) is 13.1. The number of hydrogen-bond acceptors (Lipinski definition) is 3. The first-order valence-corrected chi connectivity index (χ1v) is 9.17. The SMILES string of the molecule is O=C1c2ccccc2C2=Nc3ccccc3SC12c1ccc(Cl)cc1. The van der Waals surface area contributed by atoms with Gasteiger partial charge in [-0.1, -0.05) is 71.9 Å². The zero-order chi connectivity index (χ0) is 17.0. The highest BCUT2D eigenvalue weighted by atomic mass is 35.5. The summed E-state index contributed by atoms with van der Waals surface area (Å²) in [5.41, 5.74) is 4.30. The molecule has 1 atom stereocenters. The Labute approximate surface area is 154 Å². The van der Waals surface area contributed by atoms with E-state index in [4.69, 9.17) is 16.6 Å². The van der Waals surface area contributed by atoms with Crippen LogP contribution in [0.4, 0.5) is 5.69 Å². The molecule has 4 heteroatoms. The number of fused-ring (bicyclic) bond motifs is 4. The number of ketones is 1. The average Bonchev–Trinajstić information content (AvgIpc) is 2.90. The molecule has 0 spiro atoms. The van der Waals surface area contributed by atoms with Gasteiger partial charge in [0.15, 0.2) is 10.5 Å². The van der Waals surface area contributed by atoms with Crippen molar-refractivity contribution in [1.29, 1.82) is 0 Å². The van der Waals surface area contributed by atoms with E-state index in [0.717, 1.165) is 33.0 Å². The number of benzene rings is 3. The molecule has 1 aliphatic carbocycles. The van der Waals surface area contributed by atoms with Gasteiger partial charge in [-0.15, -0.1) is 0 Å². The fraction of sp³-hybridized carbons (Fsp3) is 0.0476. The molecular weight excluding hydrogens is 350 g/mol. The van der Waals surface area contributed by atoms with Crippen LogP contribution in [0.1, 0.15) is 21.5 Å². The molecule has 0 fully saturated rings. The standard InChI is InChI=1S/C21H12ClNOS/c22-14-11-9-13(10-12-14)21-19(15-5-1-2-6-16(15)20(21)24)23-17-7-3-4-8-18(17)25-21/h1-12H. The fourth-order valence-electron chi connectivity index (χ4n) is 3.54. The first-order valence-electron chi connectivity index (χ1n) is 7.97. The number of hydrogen-bond donors (Lipinski definition) is 0. The lowest BCUT2D eigenvalue weighted by molar-refractivity contribution is 0.0976. The van der Waals surface area contributed by atoms with E-state index in [9.17, 15) is 4.79 Å². The third-order valence-electron chi connectivity index (χ3n) is 4.69. The van der Waals surface area contributed by atoms with E-state index >= 15 is 0 Å². The molecule has 1 heterocycles. The first kappa shape index (κ1) is 14.9. The van der Waals surface area contributed by atoms with Gasteiger partial charge in [-0.25, -0.2) is 4.99 Å². The molecule has 0 amide bonds. The number of para-hydroxylation sites is 1. The second-order valence-electron chi connectivity index (χ2n) is 6.09. The lowest BCUT2D eigenvalue weighted by atomic mass is 9.92. The Bertz CT molecular complexity index is 1060. The molecule has 1 aliphatic heterocycles. The van der Waals surface area contributed by atoms with Gasteiger partial charge in [-0.3, -0.25) is 4.79 Å². The largest absolute Gasteiger partial charge is 0.292 e. The summed E-state index contributed by atoms with van der Waals surface area (Å²) in [5.74, 6) is 0.0867. The topological polar surface area (TPSA) is 29.4 Å². The monoisotopic (exact) mass is 361 g/mol. The van der Waals surface area contributed by atoms with Crippen molar-refractivity contribution in [2.45, 2.75) is 9.64 Å². The summed E-state index contributed by atoms with van der Waals surface area (Å²) in [6, 6.07) is 23.2. The molecule has 0 aromatic heterocycles. The van der Waals surface area contributed by atoms with E-state index < -0.39 is 4.75 Å². The molecule has 0 N–H and O–H groups in total. The van der Waals surface area contributed by atoms with Gasteiger partial charge in [0.1, 0.15) is 0 Å². The van der Waals surface area contributed by atoms with Crippen LogP contribution in [0, 0.1) is 0 Å². The molecule has 0 bridgehead atoms. The predicted molar refractivity (Wildman–Crippen MR) is 102 cm³/mol. The fourth-order valence-corrected chi connectivity index (χ4v) is 5.07. The van der Waals surface area contributed by atoms with E-state index in [1.807, 2.05) is 72.8 Å². The van der Waals surface area contributed by atoms with Gasteiger partial charge in [0.05, 0.1) is 11.4 Å². The molecule has 120 valence electrons. The molecule has 2 aliphatic rings. The van der Waals surface area contributed by atoms with Gasteiger partial charge in [-0.05, 0) is 29.8 Å². The number of carbonyl (C=O) groups excluding carboxylic acids is 1. The van der Waals surface area contributed by atoms with Gasteiger partial charge >= 0.3 is 0 Å². The third kappa shape index (κ3) is 2.00. The Hall–Kier alpha value is -2.36. The Morgan fingerprint density at radius 1 is 0.840 bits per heavy atom. The van der Waals surface area contributed by atoms with Crippen LogP contribution >= 0.6 is 23.4 Å². The van der Waals surface area contributed by atoms with Crippen molar-refractivity contribution in [2.75, 3.05) is 0 Å². The normalized spacial score (nSPS) is 20.5. The quantitative estimate of drug-likeness (QED) is 0.559. The molecular formula is C21H12ClNOS. The van der Waals surface area contributed by atoms with E-state index in [0.29, 0.717) is 5.02 Å². The van der Waals surface area contributed by atoms with Gasteiger partial charge in [0.2, 0.25) is 0 Å². The van der Waals surface area contributed by atoms with Crippen LogP contribution in [-0.2, 0) is 4.75 Å². The predicted octanol–water partition coefficient (Wildman–Crippen LogP) is 5.66. The van der Waals surface area contributed by atoms with Crippen LogP contribution in [0.25, 0.3) is 0 Å². The number of aliphatic imine (C=N–C) groups is 1. The Kier molecular flexibility index (Phi) is 3.18. The Morgan fingerprint density at radius 3 is 2.32 bits per heavy atom. The second kappa shape index (κ2) is 5.32. The minimum absolute atomic E-state index is 0.0867. The van der Waals surface area contributed by atoms with E-state index in [2.05, 4.69) is 0 Å². The summed E-state index contributed by atoms with van der Waals surface area (Å²) in [4.78, 5) is 19.4. The van der Waals surface area contributed by atoms with Gasteiger partial charge in [0, 0.05) is 21.0 Å². The maximum Gasteiger partial charge on any atom is 0.190 e. The van der Waals surface area contributed by atoms with E-state index in [1.54, 1.807) is 11.8 Å². The van der Waals surface area contributed by atoms with E-state index in [-0.39, 0.29) is 5.78 Å². The Balaban J connectivity index is 1.84. The van der Waals surface area contributed by atoms with Crippen molar-refractivity contribution in [3.63, 3.8) is 0 Å². The smallest absolute Gasteiger partial charge is 0.190 e. The summed E-state index contributed by atoms with van der Waals surface area (Å²) >= 11 is 7.65. The second-order valence-corrected chi connectivity index (χ2v) is 7.79. The molecule has 0 radical (unpaired) electrons. The molecule has 5 rings (SSSR count). The molecule has 1 unspecified atom stereocenters. The number of halogens is 1. The molecule has 25 heavy (non-hydrogen) atoms. The highest BCUT2D eigenvalue weighted by Gasteiger charge is 2.54. The average molecular weight is 362 g/mol. The summed E-state index contributed by atoms with van der Waals surface area (Å²) in [7, 11) is 0. The van der Waals surface area contributed by atoms with E-state index in [1.165, 1.54) is 0 Å². The summed E-state index contributed by atoms with van der Waals surface area (Å²) in [5, 5.41) is 0.655. The van der Waals surface area contributed by atoms with Crippen molar-refractivity contribution in [2.24, 2.45) is 4.99 Å². The van der Waals surface area contributed by atoms with Crippen molar-refractivity contribution in [1.82, 2.24) is 0 Å². The maximum absolute atomic E-state index is 13.5. The number of carbonyl (C=O) groups is 1. The summed E-state index contributed by atoms with van der Waals surface area (Å²) in [6.07, 6.45) is 0. The number of rotatable bonds is 1. The van der Waals surface area contributed by atoms with Crippen LogP contribution in [-0.4, -0.2) is 11.5 Å². The number of nitrogens with zero attached hydrogens (tertiary/aromatic N) is 1. The maximum atomic E-state index is 13.5. The van der Waals surface area contributed by atoms with Crippen molar-refractivity contribution in [3.05, 3.63) is 94.5 Å². The number of thioether (sulfide) groups is 1. The van der Waals surface area contributed by atoms with Crippen LogP contribution < -0.4 is 0 Å². The van der Waals surface area contributed by atoms with Gasteiger partial charge in [-0.2, -0.15) is 0 Å². The minimum atomic E-state index is -0.845. The minimum Gasteiger partial charge on any atom is -0.292 e. The van der Waals surface area contributed by atoms with Crippen LogP contribution in [0.5, 0.6) is 0 Å². The van der Waals surface area contributed by atoms with Crippen LogP contribution in [0.2, 0.25) is 5.02 Å². The van der Waals surface area contributed by atoms with Gasteiger partial charge < -0.3 is 0 Å². The zero-order valence-corrected chi connectivity index (χ0v) is 14.6. The highest BCUT2D eigenvalue weighted by Crippen LogP contribution is 2.56. The lowest BCUT2D eigenvalue weighted by Crippen LogP contribution is -2.36. The molecule has 0 saturated heterocycles. The third-order valence-corrected chi connectivity index (χ3v) is 6.43. The molecule has 3 aromatic carbocycles. The summed E-state index contributed by atoms with van der Waals surface area (Å²) in [6.45, 7) is 0. The van der Waals surface area contributed by atoms with Crippen LogP contribution in [0.3, 0.4) is 0 Å². The molecule has 0 saturated carbocycles. The van der Waals surface area contributed by atoms with Crippen LogP contribution in [0.15, 0.2) is 82.7 Å².